The van der Waals surface area contributed by atoms with Crippen molar-refractivity contribution in [2.24, 2.45) is 5.10 Å². The third-order valence-corrected chi connectivity index (χ3v) is 3.13. The van der Waals surface area contributed by atoms with E-state index in [2.05, 4.69) is 10.5 Å². The SMILES string of the molecule is O=C(COc1cccc([N+](=O)[O-])c1)NN=Cc1cccs1. The fourth-order valence-corrected chi connectivity index (χ4v) is 1.99. The molecular weight excluding hydrogens is 294 g/mol. The summed E-state index contributed by atoms with van der Waals surface area (Å²) in [6.45, 7) is -0.275. The molecule has 1 heterocycles. The Kier molecular flexibility index (Phi) is 4.99. The van der Waals surface area contributed by atoms with Crippen molar-refractivity contribution < 1.29 is 14.5 Å². The number of carbonyl (C=O) groups is 1. The smallest absolute Gasteiger partial charge is 0.277 e. The number of nitro benzene ring substituents is 1. The third-order valence-electron chi connectivity index (χ3n) is 2.32. The maximum absolute atomic E-state index is 11.5. The molecule has 0 unspecified atom stereocenters. The van der Waals surface area contributed by atoms with Gasteiger partial charge in [-0.25, -0.2) is 5.43 Å². The van der Waals surface area contributed by atoms with E-state index >= 15 is 0 Å². The molecule has 0 bridgehead atoms. The number of rotatable bonds is 6. The molecule has 0 spiro atoms. The van der Waals surface area contributed by atoms with E-state index in [0.717, 1.165) is 4.88 Å². The molecule has 0 saturated carbocycles. The Balaban J connectivity index is 1.81. The summed E-state index contributed by atoms with van der Waals surface area (Å²) < 4.78 is 5.16. The van der Waals surface area contributed by atoms with Crippen LogP contribution in [0.25, 0.3) is 0 Å². The van der Waals surface area contributed by atoms with Crippen LogP contribution in [0.15, 0.2) is 46.9 Å². The lowest BCUT2D eigenvalue weighted by molar-refractivity contribution is -0.384. The van der Waals surface area contributed by atoms with Crippen LogP contribution >= 0.6 is 11.3 Å². The van der Waals surface area contributed by atoms with Crippen LogP contribution in [0.4, 0.5) is 5.69 Å². The summed E-state index contributed by atoms with van der Waals surface area (Å²) in [6, 6.07) is 9.36. The lowest BCUT2D eigenvalue weighted by atomic mass is 10.3. The molecule has 0 aliphatic rings. The number of thiophene rings is 1. The number of nitrogens with zero attached hydrogens (tertiary/aromatic N) is 2. The Morgan fingerprint density at radius 2 is 2.29 bits per heavy atom. The number of nitro groups is 1. The topological polar surface area (TPSA) is 93.8 Å². The molecule has 108 valence electrons. The fraction of sp³-hybridized carbons (Fsp3) is 0.0769. The highest BCUT2D eigenvalue weighted by Crippen LogP contribution is 2.18. The number of non-ortho nitro benzene ring substituents is 1. The van der Waals surface area contributed by atoms with Gasteiger partial charge in [-0.05, 0) is 17.5 Å². The largest absolute Gasteiger partial charge is 0.483 e. The molecule has 21 heavy (non-hydrogen) atoms. The van der Waals surface area contributed by atoms with Crippen molar-refractivity contribution in [3.05, 3.63) is 56.8 Å². The average molecular weight is 305 g/mol. The molecular formula is C13H11N3O4S. The van der Waals surface area contributed by atoms with Crippen LogP contribution in [0.2, 0.25) is 0 Å². The van der Waals surface area contributed by atoms with E-state index in [1.54, 1.807) is 0 Å². The number of nitrogens with one attached hydrogen (secondary N) is 1. The summed E-state index contributed by atoms with van der Waals surface area (Å²) >= 11 is 1.49. The average Bonchev–Trinajstić information content (AvgIpc) is 2.99. The number of hydrogen-bond acceptors (Lipinski definition) is 6. The van der Waals surface area contributed by atoms with Gasteiger partial charge in [0.15, 0.2) is 6.61 Å². The van der Waals surface area contributed by atoms with Gasteiger partial charge >= 0.3 is 0 Å². The van der Waals surface area contributed by atoms with E-state index in [9.17, 15) is 14.9 Å². The molecule has 1 aromatic carbocycles. The minimum absolute atomic E-state index is 0.0939. The van der Waals surface area contributed by atoms with E-state index in [0.29, 0.717) is 0 Å². The Bertz CT molecular complexity index is 655. The lowest BCUT2D eigenvalue weighted by Gasteiger charge is -2.04. The van der Waals surface area contributed by atoms with Gasteiger partial charge in [-0.1, -0.05) is 12.1 Å². The molecule has 0 aliphatic carbocycles. The fourth-order valence-electron chi connectivity index (χ4n) is 1.40. The van der Waals surface area contributed by atoms with Gasteiger partial charge in [-0.3, -0.25) is 14.9 Å². The summed E-state index contributed by atoms with van der Waals surface area (Å²) in [5.41, 5.74) is 2.21. The maximum Gasteiger partial charge on any atom is 0.277 e. The monoisotopic (exact) mass is 305 g/mol. The number of benzene rings is 1. The molecule has 2 rings (SSSR count). The van der Waals surface area contributed by atoms with Crippen LogP contribution in [0, 0.1) is 10.1 Å². The summed E-state index contributed by atoms with van der Waals surface area (Å²) in [7, 11) is 0. The highest BCUT2D eigenvalue weighted by Gasteiger charge is 2.07. The Morgan fingerprint density at radius 1 is 1.43 bits per heavy atom. The van der Waals surface area contributed by atoms with Crippen molar-refractivity contribution in [2.75, 3.05) is 6.61 Å². The molecule has 7 nitrogen and oxygen atoms in total. The van der Waals surface area contributed by atoms with Gasteiger partial charge in [0.2, 0.25) is 0 Å². The van der Waals surface area contributed by atoms with E-state index in [-0.39, 0.29) is 18.0 Å². The van der Waals surface area contributed by atoms with Crippen LogP contribution in [-0.2, 0) is 4.79 Å². The molecule has 2 aromatic rings. The van der Waals surface area contributed by atoms with E-state index in [1.807, 2.05) is 17.5 Å². The standard InChI is InChI=1S/C13H11N3O4S/c17-13(15-14-8-12-5-2-6-21-12)9-20-11-4-1-3-10(7-11)16(18)19/h1-8H,9H2,(H,15,17). The number of amides is 1. The van der Waals surface area contributed by atoms with Gasteiger partial charge in [0, 0.05) is 10.9 Å². The summed E-state index contributed by atoms with van der Waals surface area (Å²) in [5.74, 6) is -0.198. The van der Waals surface area contributed by atoms with Gasteiger partial charge in [0.1, 0.15) is 5.75 Å². The van der Waals surface area contributed by atoms with Crippen LogP contribution in [0.3, 0.4) is 0 Å². The molecule has 0 atom stereocenters. The first-order chi connectivity index (χ1) is 10.1. The summed E-state index contributed by atoms with van der Waals surface area (Å²) in [4.78, 5) is 22.5. The number of hydrogen-bond donors (Lipinski definition) is 1. The quantitative estimate of drug-likeness (QED) is 0.503. The molecule has 1 aromatic heterocycles. The summed E-state index contributed by atoms with van der Waals surface area (Å²) in [6.07, 6.45) is 1.52. The second-order valence-electron chi connectivity index (χ2n) is 3.85. The number of carbonyl (C=O) groups excluding carboxylic acids is 1. The molecule has 0 saturated heterocycles. The second-order valence-corrected chi connectivity index (χ2v) is 4.83. The van der Waals surface area contributed by atoms with Crippen molar-refractivity contribution in [1.29, 1.82) is 0 Å². The summed E-state index contributed by atoms with van der Waals surface area (Å²) in [5, 5.41) is 16.3. The normalized spacial score (nSPS) is 10.5. The van der Waals surface area contributed by atoms with Crippen molar-refractivity contribution >= 4 is 29.1 Å². The third kappa shape index (κ3) is 4.69. The van der Waals surface area contributed by atoms with Crippen molar-refractivity contribution in [3.8, 4) is 5.75 Å². The first-order valence-electron chi connectivity index (χ1n) is 5.88. The van der Waals surface area contributed by atoms with Crippen molar-refractivity contribution in [2.45, 2.75) is 0 Å². The molecule has 0 fully saturated rings. The Labute approximate surface area is 124 Å². The van der Waals surface area contributed by atoms with E-state index in [1.165, 1.54) is 41.8 Å². The van der Waals surface area contributed by atoms with Crippen molar-refractivity contribution in [3.63, 3.8) is 0 Å². The Hall–Kier alpha value is -2.74. The lowest BCUT2D eigenvalue weighted by Crippen LogP contribution is -2.24. The van der Waals surface area contributed by atoms with Crippen LogP contribution in [0.1, 0.15) is 4.88 Å². The zero-order valence-corrected chi connectivity index (χ0v) is 11.6. The van der Waals surface area contributed by atoms with Crippen LogP contribution in [-0.4, -0.2) is 23.7 Å². The van der Waals surface area contributed by atoms with Gasteiger partial charge in [-0.2, -0.15) is 5.10 Å². The zero-order chi connectivity index (χ0) is 15.1. The van der Waals surface area contributed by atoms with E-state index < -0.39 is 10.8 Å². The minimum atomic E-state index is -0.530. The number of ether oxygens (including phenoxy) is 1. The van der Waals surface area contributed by atoms with Gasteiger partial charge in [0.25, 0.3) is 11.6 Å². The first-order valence-corrected chi connectivity index (χ1v) is 6.76. The minimum Gasteiger partial charge on any atom is -0.483 e. The zero-order valence-electron chi connectivity index (χ0n) is 10.8. The molecule has 1 N–H and O–H groups in total. The van der Waals surface area contributed by atoms with Gasteiger partial charge in [-0.15, -0.1) is 11.3 Å². The van der Waals surface area contributed by atoms with Crippen LogP contribution in [0.5, 0.6) is 5.75 Å². The predicted octanol–water partition coefficient (Wildman–Crippen LogP) is 2.19. The molecule has 8 heteroatoms. The second kappa shape index (κ2) is 7.15. The number of hydrazone groups is 1. The molecule has 0 radical (unpaired) electrons. The first kappa shape index (κ1) is 14.7. The molecule has 0 aliphatic heterocycles. The highest BCUT2D eigenvalue weighted by molar-refractivity contribution is 7.11. The van der Waals surface area contributed by atoms with Gasteiger partial charge < -0.3 is 4.74 Å². The maximum atomic E-state index is 11.5. The molecule has 1 amide bonds. The van der Waals surface area contributed by atoms with Crippen molar-refractivity contribution in [1.82, 2.24) is 5.43 Å². The van der Waals surface area contributed by atoms with Crippen LogP contribution < -0.4 is 10.2 Å². The van der Waals surface area contributed by atoms with Gasteiger partial charge in [0.05, 0.1) is 17.2 Å². The predicted molar refractivity (Wildman–Crippen MR) is 78.6 cm³/mol. The van der Waals surface area contributed by atoms with E-state index in [4.69, 9.17) is 4.74 Å². The highest BCUT2D eigenvalue weighted by atomic mass is 32.1. The Morgan fingerprint density at radius 3 is 3.00 bits per heavy atom.